The Morgan fingerprint density at radius 1 is 1.32 bits per heavy atom. The fourth-order valence-electron chi connectivity index (χ4n) is 2.75. The summed E-state index contributed by atoms with van der Waals surface area (Å²) in [5.41, 5.74) is 3.65. The van der Waals surface area contributed by atoms with Crippen LogP contribution < -0.4 is 5.32 Å². The molecule has 1 atom stereocenters. The average molecular weight is 255 g/mol. The van der Waals surface area contributed by atoms with E-state index in [1.54, 1.807) is 0 Å². The molecule has 1 N–H and O–H groups in total. The maximum Gasteiger partial charge on any atom is 0.0926 e. The minimum absolute atomic E-state index is 0.471. The molecule has 2 heterocycles. The first-order valence-corrected chi connectivity index (χ1v) is 7.25. The van der Waals surface area contributed by atoms with Gasteiger partial charge < -0.3 is 5.32 Å². The summed E-state index contributed by atoms with van der Waals surface area (Å²) < 4.78 is 2.18. The van der Waals surface area contributed by atoms with Crippen LogP contribution in [0.25, 0.3) is 11.3 Å². The van der Waals surface area contributed by atoms with Crippen LogP contribution in [-0.2, 0) is 6.54 Å². The van der Waals surface area contributed by atoms with Crippen LogP contribution in [0.5, 0.6) is 0 Å². The molecule has 3 heteroatoms. The van der Waals surface area contributed by atoms with Gasteiger partial charge in [0.05, 0.1) is 17.9 Å². The van der Waals surface area contributed by atoms with E-state index in [1.165, 1.54) is 30.5 Å². The van der Waals surface area contributed by atoms with Crippen molar-refractivity contribution in [3.63, 3.8) is 0 Å². The summed E-state index contributed by atoms with van der Waals surface area (Å²) in [6.07, 6.45) is 3.72. The van der Waals surface area contributed by atoms with E-state index in [9.17, 15) is 0 Å². The number of nitrogens with zero attached hydrogens (tertiary/aromatic N) is 2. The third-order valence-corrected chi connectivity index (χ3v) is 3.80. The Balaban J connectivity index is 1.89. The van der Waals surface area contributed by atoms with Crippen LogP contribution in [0, 0.1) is 0 Å². The zero-order chi connectivity index (χ0) is 13.1. The maximum atomic E-state index is 4.76. The summed E-state index contributed by atoms with van der Waals surface area (Å²) in [6.45, 7) is 4.25. The van der Waals surface area contributed by atoms with Crippen LogP contribution >= 0.6 is 0 Å². The number of benzene rings is 1. The second-order valence-electron chi connectivity index (χ2n) is 5.19. The van der Waals surface area contributed by atoms with Crippen molar-refractivity contribution >= 4 is 0 Å². The Kier molecular flexibility index (Phi) is 3.65. The van der Waals surface area contributed by atoms with E-state index >= 15 is 0 Å². The highest BCUT2D eigenvalue weighted by atomic mass is 15.3. The lowest BCUT2D eigenvalue weighted by molar-refractivity contribution is 0.377. The van der Waals surface area contributed by atoms with Gasteiger partial charge in [-0.1, -0.05) is 50.1 Å². The Morgan fingerprint density at radius 3 is 2.95 bits per heavy atom. The zero-order valence-electron chi connectivity index (χ0n) is 11.5. The van der Waals surface area contributed by atoms with Gasteiger partial charge in [-0.25, -0.2) is 0 Å². The zero-order valence-corrected chi connectivity index (χ0v) is 11.5. The van der Waals surface area contributed by atoms with Crippen LogP contribution in [0.1, 0.15) is 37.9 Å². The van der Waals surface area contributed by atoms with Gasteiger partial charge in [0.2, 0.25) is 0 Å². The molecule has 1 aliphatic rings. The first kappa shape index (κ1) is 12.4. The monoisotopic (exact) mass is 255 g/mol. The largest absolute Gasteiger partial charge is 0.307 e. The van der Waals surface area contributed by atoms with Gasteiger partial charge in [-0.2, -0.15) is 5.10 Å². The summed E-state index contributed by atoms with van der Waals surface area (Å²) >= 11 is 0. The van der Waals surface area contributed by atoms with Gasteiger partial charge in [0, 0.05) is 18.2 Å². The maximum absolute atomic E-state index is 4.76. The van der Waals surface area contributed by atoms with Crippen molar-refractivity contribution in [3.8, 4) is 11.3 Å². The van der Waals surface area contributed by atoms with E-state index in [1.807, 2.05) is 6.07 Å². The Morgan fingerprint density at radius 2 is 2.16 bits per heavy atom. The highest BCUT2D eigenvalue weighted by Crippen LogP contribution is 2.27. The highest BCUT2D eigenvalue weighted by Gasteiger charge is 2.21. The Hall–Kier alpha value is -1.61. The van der Waals surface area contributed by atoms with E-state index in [2.05, 4.69) is 47.3 Å². The Labute approximate surface area is 114 Å². The third-order valence-electron chi connectivity index (χ3n) is 3.80. The summed E-state index contributed by atoms with van der Waals surface area (Å²) in [5.74, 6) is 0. The average Bonchev–Trinajstić information content (AvgIpc) is 2.90. The van der Waals surface area contributed by atoms with Gasteiger partial charge in [0.15, 0.2) is 0 Å². The summed E-state index contributed by atoms with van der Waals surface area (Å²) in [4.78, 5) is 0. The lowest BCUT2D eigenvalue weighted by Crippen LogP contribution is -2.33. The van der Waals surface area contributed by atoms with E-state index < -0.39 is 0 Å². The number of hydrogen-bond acceptors (Lipinski definition) is 2. The van der Waals surface area contributed by atoms with E-state index in [0.717, 1.165) is 18.8 Å². The first-order valence-electron chi connectivity index (χ1n) is 7.25. The van der Waals surface area contributed by atoms with Crippen LogP contribution in [0.2, 0.25) is 0 Å². The molecule has 1 unspecified atom stereocenters. The predicted molar refractivity (Wildman–Crippen MR) is 77.9 cm³/mol. The van der Waals surface area contributed by atoms with E-state index in [0.29, 0.717) is 6.04 Å². The first-order chi connectivity index (χ1) is 9.38. The quantitative estimate of drug-likeness (QED) is 0.907. The number of fused-ring (bicyclic) bond motifs is 1. The molecule has 1 aromatic heterocycles. The van der Waals surface area contributed by atoms with E-state index in [4.69, 9.17) is 5.10 Å². The molecular weight excluding hydrogens is 234 g/mol. The fraction of sp³-hybridized carbons (Fsp3) is 0.438. The molecule has 19 heavy (non-hydrogen) atoms. The molecule has 0 saturated carbocycles. The SMILES string of the molecule is CCCCC1NCCn2nc(-c3ccccc3)cc21. The van der Waals surface area contributed by atoms with Gasteiger partial charge in [-0.3, -0.25) is 4.68 Å². The molecule has 0 spiro atoms. The van der Waals surface area contributed by atoms with Gasteiger partial charge in [-0.15, -0.1) is 0 Å². The fourth-order valence-corrected chi connectivity index (χ4v) is 2.75. The number of unbranched alkanes of at least 4 members (excludes halogenated alkanes) is 1. The van der Waals surface area contributed by atoms with Gasteiger partial charge >= 0.3 is 0 Å². The molecule has 3 nitrogen and oxygen atoms in total. The lowest BCUT2D eigenvalue weighted by atomic mass is 10.0. The van der Waals surface area contributed by atoms with Crippen molar-refractivity contribution in [1.82, 2.24) is 15.1 Å². The third kappa shape index (κ3) is 2.56. The van der Waals surface area contributed by atoms with Crippen LogP contribution in [0.4, 0.5) is 0 Å². The van der Waals surface area contributed by atoms with E-state index in [-0.39, 0.29) is 0 Å². The molecule has 0 fully saturated rings. The minimum atomic E-state index is 0.471. The molecule has 1 aromatic carbocycles. The van der Waals surface area contributed by atoms with Crippen molar-refractivity contribution in [2.24, 2.45) is 0 Å². The number of hydrogen-bond donors (Lipinski definition) is 1. The molecule has 2 aromatic rings. The van der Waals surface area contributed by atoms with Crippen molar-refractivity contribution in [3.05, 3.63) is 42.1 Å². The standard InChI is InChI=1S/C16H21N3/c1-2-3-9-14-16-12-15(13-7-5-4-6-8-13)18-19(16)11-10-17-14/h4-8,12,14,17H,2-3,9-11H2,1H3. The smallest absolute Gasteiger partial charge is 0.0926 e. The predicted octanol–water partition coefficient (Wildman–Crippen LogP) is 3.38. The number of rotatable bonds is 4. The minimum Gasteiger partial charge on any atom is -0.307 e. The van der Waals surface area contributed by atoms with Gasteiger partial charge in [0.1, 0.15) is 0 Å². The normalized spacial score (nSPS) is 18.3. The van der Waals surface area contributed by atoms with Crippen molar-refractivity contribution < 1.29 is 0 Å². The van der Waals surface area contributed by atoms with Crippen LogP contribution in [-0.4, -0.2) is 16.3 Å². The summed E-state index contributed by atoms with van der Waals surface area (Å²) in [6, 6.07) is 13.2. The molecule has 0 amide bonds. The van der Waals surface area contributed by atoms with Crippen LogP contribution in [0.15, 0.2) is 36.4 Å². The molecule has 3 rings (SSSR count). The molecule has 1 aliphatic heterocycles. The highest BCUT2D eigenvalue weighted by molar-refractivity contribution is 5.59. The molecule has 0 aliphatic carbocycles. The topological polar surface area (TPSA) is 29.9 Å². The van der Waals surface area contributed by atoms with Gasteiger partial charge in [-0.05, 0) is 12.5 Å². The van der Waals surface area contributed by atoms with Gasteiger partial charge in [0.25, 0.3) is 0 Å². The molecule has 0 bridgehead atoms. The Bertz CT molecular complexity index is 530. The summed E-state index contributed by atoms with van der Waals surface area (Å²) in [5, 5.41) is 8.37. The molecule has 0 saturated heterocycles. The van der Waals surface area contributed by atoms with Crippen molar-refractivity contribution in [2.75, 3.05) is 6.54 Å². The summed E-state index contributed by atoms with van der Waals surface area (Å²) in [7, 11) is 0. The molecule has 100 valence electrons. The second-order valence-corrected chi connectivity index (χ2v) is 5.19. The van der Waals surface area contributed by atoms with Crippen molar-refractivity contribution in [1.29, 1.82) is 0 Å². The molecular formula is C16H21N3. The molecule has 0 radical (unpaired) electrons. The number of aromatic nitrogens is 2. The lowest BCUT2D eigenvalue weighted by Gasteiger charge is -2.24. The number of nitrogens with one attached hydrogen (secondary N) is 1. The van der Waals surface area contributed by atoms with Crippen molar-refractivity contribution in [2.45, 2.75) is 38.8 Å². The second kappa shape index (κ2) is 5.57. The van der Waals surface area contributed by atoms with Crippen LogP contribution in [0.3, 0.4) is 0 Å².